The SMILES string of the molecule is O=C(C1CCOCC1)N1CCCCC[C@@H]1C1CCN(c2ncnc3ccccc23)CC1. The summed E-state index contributed by atoms with van der Waals surface area (Å²) in [6.07, 6.45) is 10.5. The van der Waals surface area contributed by atoms with Crippen molar-refractivity contribution in [1.29, 1.82) is 0 Å². The summed E-state index contributed by atoms with van der Waals surface area (Å²) in [5.41, 5.74) is 1.01. The second-order valence-electron chi connectivity index (χ2n) is 9.37. The van der Waals surface area contributed by atoms with Crippen LogP contribution in [0.2, 0.25) is 0 Å². The van der Waals surface area contributed by atoms with E-state index in [4.69, 9.17) is 4.74 Å². The van der Waals surface area contributed by atoms with Gasteiger partial charge in [-0.1, -0.05) is 25.0 Å². The minimum Gasteiger partial charge on any atom is -0.381 e. The summed E-state index contributed by atoms with van der Waals surface area (Å²) in [4.78, 5) is 27.2. The molecule has 3 saturated heterocycles. The smallest absolute Gasteiger partial charge is 0.226 e. The predicted molar refractivity (Wildman–Crippen MR) is 122 cm³/mol. The third-order valence-corrected chi connectivity index (χ3v) is 7.56. The van der Waals surface area contributed by atoms with Crippen molar-refractivity contribution in [3.05, 3.63) is 30.6 Å². The van der Waals surface area contributed by atoms with Crippen LogP contribution in [-0.4, -0.2) is 59.7 Å². The van der Waals surface area contributed by atoms with E-state index in [1.54, 1.807) is 6.33 Å². The lowest BCUT2D eigenvalue weighted by Crippen LogP contribution is -2.50. The van der Waals surface area contributed by atoms with Crippen LogP contribution >= 0.6 is 0 Å². The highest BCUT2D eigenvalue weighted by molar-refractivity contribution is 5.89. The maximum absolute atomic E-state index is 13.4. The molecule has 2 aromatic rings. The molecule has 3 fully saturated rings. The third kappa shape index (κ3) is 4.40. The standard InChI is InChI=1S/C25H34N4O2/c30-25(20-11-16-31-17-12-20)29-13-5-1-2-8-23(29)19-9-14-28(15-10-19)24-21-6-3-4-7-22(21)26-18-27-24/h3-4,6-7,18-20,23H,1-2,5,8-17H2/t23-/m1/s1. The Balaban J connectivity index is 1.29. The second-order valence-corrected chi connectivity index (χ2v) is 9.37. The first-order chi connectivity index (χ1) is 15.3. The minimum atomic E-state index is 0.168. The molecule has 0 radical (unpaired) electrons. The number of benzene rings is 1. The first-order valence-electron chi connectivity index (χ1n) is 12.1. The molecule has 0 saturated carbocycles. The van der Waals surface area contributed by atoms with Gasteiger partial charge in [0, 0.05) is 50.2 Å². The minimum absolute atomic E-state index is 0.168. The van der Waals surface area contributed by atoms with E-state index in [-0.39, 0.29) is 5.92 Å². The van der Waals surface area contributed by atoms with Gasteiger partial charge in [-0.05, 0) is 56.6 Å². The van der Waals surface area contributed by atoms with Crippen LogP contribution in [0, 0.1) is 11.8 Å². The van der Waals surface area contributed by atoms with Crippen LogP contribution in [-0.2, 0) is 9.53 Å². The van der Waals surface area contributed by atoms with Crippen LogP contribution in [0.5, 0.6) is 0 Å². The second kappa shape index (κ2) is 9.51. The van der Waals surface area contributed by atoms with Crippen molar-refractivity contribution in [3.63, 3.8) is 0 Å². The van der Waals surface area contributed by atoms with Crippen molar-refractivity contribution in [1.82, 2.24) is 14.9 Å². The maximum atomic E-state index is 13.4. The molecule has 6 nitrogen and oxygen atoms in total. The van der Waals surface area contributed by atoms with E-state index in [2.05, 4.69) is 38.0 Å². The highest BCUT2D eigenvalue weighted by Crippen LogP contribution is 2.34. The Hall–Kier alpha value is -2.21. The zero-order valence-electron chi connectivity index (χ0n) is 18.4. The van der Waals surface area contributed by atoms with Gasteiger partial charge in [-0.3, -0.25) is 4.79 Å². The molecule has 1 aromatic heterocycles. The largest absolute Gasteiger partial charge is 0.381 e. The maximum Gasteiger partial charge on any atom is 0.226 e. The zero-order valence-corrected chi connectivity index (χ0v) is 18.4. The van der Waals surface area contributed by atoms with Crippen LogP contribution < -0.4 is 4.90 Å². The highest BCUT2D eigenvalue weighted by Gasteiger charge is 2.37. The predicted octanol–water partition coefficient (Wildman–Crippen LogP) is 4.04. The van der Waals surface area contributed by atoms with Gasteiger partial charge < -0.3 is 14.5 Å². The van der Waals surface area contributed by atoms with Gasteiger partial charge in [-0.15, -0.1) is 0 Å². The summed E-state index contributed by atoms with van der Waals surface area (Å²) >= 11 is 0. The Morgan fingerprint density at radius 2 is 1.71 bits per heavy atom. The Kier molecular flexibility index (Phi) is 6.35. The molecule has 1 aromatic carbocycles. The van der Waals surface area contributed by atoms with Crippen LogP contribution in [0.15, 0.2) is 30.6 Å². The number of hydrogen-bond donors (Lipinski definition) is 0. The number of amides is 1. The summed E-state index contributed by atoms with van der Waals surface area (Å²) < 4.78 is 5.50. The van der Waals surface area contributed by atoms with Gasteiger partial charge >= 0.3 is 0 Å². The first kappa shape index (κ1) is 20.7. The average molecular weight is 423 g/mol. The zero-order chi connectivity index (χ0) is 21.0. The van der Waals surface area contributed by atoms with Crippen molar-refractivity contribution in [3.8, 4) is 0 Å². The molecule has 0 N–H and O–H groups in total. The van der Waals surface area contributed by atoms with E-state index in [1.807, 2.05) is 6.07 Å². The molecule has 1 amide bonds. The average Bonchev–Trinajstić information content (AvgIpc) is 3.10. The molecule has 0 unspecified atom stereocenters. The Morgan fingerprint density at radius 1 is 0.903 bits per heavy atom. The number of aromatic nitrogens is 2. The fourth-order valence-corrected chi connectivity index (χ4v) is 5.82. The molecule has 5 rings (SSSR count). The number of fused-ring (bicyclic) bond motifs is 1. The van der Waals surface area contributed by atoms with Gasteiger partial charge in [-0.25, -0.2) is 9.97 Å². The number of ether oxygens (including phenoxy) is 1. The lowest BCUT2D eigenvalue weighted by Gasteiger charge is -2.42. The fourth-order valence-electron chi connectivity index (χ4n) is 5.82. The number of hydrogen-bond acceptors (Lipinski definition) is 5. The van der Waals surface area contributed by atoms with Crippen molar-refractivity contribution >= 4 is 22.6 Å². The van der Waals surface area contributed by atoms with E-state index >= 15 is 0 Å². The molecule has 3 aliphatic heterocycles. The first-order valence-corrected chi connectivity index (χ1v) is 12.1. The molecule has 1 atom stereocenters. The summed E-state index contributed by atoms with van der Waals surface area (Å²) in [5, 5.41) is 1.13. The fraction of sp³-hybridized carbons (Fsp3) is 0.640. The monoisotopic (exact) mass is 422 g/mol. The molecule has 0 bridgehead atoms. The molecule has 0 spiro atoms. The van der Waals surface area contributed by atoms with E-state index in [1.165, 1.54) is 12.8 Å². The summed E-state index contributed by atoms with van der Waals surface area (Å²) in [5.74, 6) is 2.22. The van der Waals surface area contributed by atoms with Crippen LogP contribution in [0.25, 0.3) is 10.9 Å². The number of para-hydroxylation sites is 1. The van der Waals surface area contributed by atoms with E-state index in [9.17, 15) is 4.79 Å². The van der Waals surface area contributed by atoms with Gasteiger partial charge in [0.15, 0.2) is 0 Å². The molecule has 166 valence electrons. The topological polar surface area (TPSA) is 58.6 Å². The van der Waals surface area contributed by atoms with Crippen LogP contribution in [0.1, 0.15) is 51.4 Å². The highest BCUT2D eigenvalue weighted by atomic mass is 16.5. The van der Waals surface area contributed by atoms with E-state index in [0.717, 1.165) is 88.1 Å². The Bertz CT molecular complexity index is 885. The van der Waals surface area contributed by atoms with Crippen molar-refractivity contribution in [2.24, 2.45) is 11.8 Å². The summed E-state index contributed by atoms with van der Waals surface area (Å²) in [6, 6.07) is 8.67. The number of piperidine rings is 1. The number of likely N-dealkylation sites (tertiary alicyclic amines) is 1. The van der Waals surface area contributed by atoms with Gasteiger partial charge in [0.25, 0.3) is 0 Å². The van der Waals surface area contributed by atoms with Crippen molar-refractivity contribution in [2.75, 3.05) is 37.7 Å². The number of nitrogens with zero attached hydrogens (tertiary/aromatic N) is 4. The number of carbonyl (C=O) groups is 1. The van der Waals surface area contributed by atoms with Gasteiger partial charge in [0.05, 0.1) is 5.52 Å². The van der Waals surface area contributed by atoms with Crippen molar-refractivity contribution < 1.29 is 9.53 Å². The number of anilines is 1. The Morgan fingerprint density at radius 3 is 2.55 bits per heavy atom. The number of carbonyl (C=O) groups excluding carboxylic acids is 1. The van der Waals surface area contributed by atoms with Crippen LogP contribution in [0.3, 0.4) is 0 Å². The molecular weight excluding hydrogens is 388 g/mol. The van der Waals surface area contributed by atoms with Gasteiger partial charge in [0.2, 0.25) is 5.91 Å². The summed E-state index contributed by atoms with van der Waals surface area (Å²) in [6.45, 7) is 4.42. The molecule has 3 aliphatic rings. The molecule has 6 heteroatoms. The number of rotatable bonds is 3. The van der Waals surface area contributed by atoms with E-state index in [0.29, 0.717) is 17.9 Å². The normalized spacial score (nSPS) is 24.3. The van der Waals surface area contributed by atoms with Crippen LogP contribution in [0.4, 0.5) is 5.82 Å². The molecule has 0 aliphatic carbocycles. The Labute approximate surface area is 185 Å². The lowest BCUT2D eigenvalue weighted by atomic mass is 9.85. The van der Waals surface area contributed by atoms with Gasteiger partial charge in [-0.2, -0.15) is 0 Å². The third-order valence-electron chi connectivity index (χ3n) is 7.56. The molecule has 31 heavy (non-hydrogen) atoms. The lowest BCUT2D eigenvalue weighted by molar-refractivity contribution is -0.142. The quantitative estimate of drug-likeness (QED) is 0.747. The molecule has 4 heterocycles. The van der Waals surface area contributed by atoms with Crippen molar-refractivity contribution in [2.45, 2.75) is 57.4 Å². The van der Waals surface area contributed by atoms with Gasteiger partial charge in [0.1, 0.15) is 12.1 Å². The van der Waals surface area contributed by atoms with E-state index < -0.39 is 0 Å². The molecular formula is C25H34N4O2. The summed E-state index contributed by atoms with van der Waals surface area (Å²) in [7, 11) is 0.